The molecule has 0 saturated carbocycles. The lowest BCUT2D eigenvalue weighted by Gasteiger charge is -2.20. The van der Waals surface area contributed by atoms with Crippen LogP contribution in [0.2, 0.25) is 0 Å². The first-order chi connectivity index (χ1) is 24.9. The van der Waals surface area contributed by atoms with Crippen molar-refractivity contribution in [3.63, 3.8) is 0 Å². The fourth-order valence-electron chi connectivity index (χ4n) is 7.07. The van der Waals surface area contributed by atoms with Crippen molar-refractivity contribution in [2.75, 3.05) is 0 Å². The second-order valence-electron chi connectivity index (χ2n) is 14.0. The topological polar surface area (TPSA) is 149 Å². The zero-order valence-corrected chi connectivity index (χ0v) is 30.5. The van der Waals surface area contributed by atoms with Crippen molar-refractivity contribution in [2.24, 2.45) is 0 Å². The summed E-state index contributed by atoms with van der Waals surface area (Å²) in [5, 5.41) is 47.0. The van der Waals surface area contributed by atoms with Crippen molar-refractivity contribution in [3.8, 4) is 23.0 Å². The van der Waals surface area contributed by atoms with Gasteiger partial charge in [-0.3, -0.25) is 19.2 Å². The number of carbonyl (C=O) groups is 4. The Balaban J connectivity index is 1.85. The number of benzene rings is 4. The Bertz CT molecular complexity index is 1670. The van der Waals surface area contributed by atoms with Gasteiger partial charge in [0.05, 0.1) is 0 Å². The number of phenolic OH excluding ortho intramolecular Hbond substituents is 4. The normalized spacial score (nSPS) is 12.4. The number of phenols is 4. The summed E-state index contributed by atoms with van der Waals surface area (Å²) in [6, 6.07) is 12.8. The number of ketones is 4. The highest BCUT2D eigenvalue weighted by Crippen LogP contribution is 2.40. The number of hydrogen-bond donors (Lipinski definition) is 4. The maximum atomic E-state index is 13.3. The fraction of sp³-hybridized carbons (Fsp3) is 0.364. The van der Waals surface area contributed by atoms with Crippen LogP contribution in [0.25, 0.3) is 0 Å². The molecule has 0 unspecified atom stereocenters. The largest absolute Gasteiger partial charge is 0.507 e. The van der Waals surface area contributed by atoms with Gasteiger partial charge in [-0.05, 0) is 119 Å². The van der Waals surface area contributed by atoms with Crippen LogP contribution < -0.4 is 0 Å². The van der Waals surface area contributed by atoms with Crippen LogP contribution in [0.4, 0.5) is 0 Å². The summed E-state index contributed by atoms with van der Waals surface area (Å²) in [5.41, 5.74) is 4.25. The molecule has 1 aliphatic rings. The van der Waals surface area contributed by atoms with Gasteiger partial charge in [0.2, 0.25) is 0 Å². The van der Waals surface area contributed by atoms with Gasteiger partial charge in [-0.25, -0.2) is 0 Å². The van der Waals surface area contributed by atoms with E-state index in [4.69, 9.17) is 0 Å². The first-order valence-electron chi connectivity index (χ1n) is 18.4. The smallest absolute Gasteiger partial charge is 0.162 e. The molecule has 0 aromatic heterocycles. The Hall–Kier alpha value is -5.24. The van der Waals surface area contributed by atoms with E-state index in [9.17, 15) is 39.6 Å². The molecule has 4 aromatic rings. The highest BCUT2D eigenvalue weighted by atomic mass is 16.3. The SMILES string of the molecule is CCCC(=O)c1cc2c(O)c(c1)Cc1cc(C(=O)CCC)cc(c1O)Cc1cc(C(=O)CCC)cc(c1O)Cc1cc(C(=O)CCC)cc(c1O)C2. The van der Waals surface area contributed by atoms with Crippen molar-refractivity contribution in [2.45, 2.75) is 105 Å². The monoisotopic (exact) mass is 704 g/mol. The zero-order chi connectivity index (χ0) is 37.7. The van der Waals surface area contributed by atoms with Gasteiger partial charge in [-0.1, -0.05) is 27.7 Å². The van der Waals surface area contributed by atoms with Crippen LogP contribution in [-0.2, 0) is 25.7 Å². The van der Waals surface area contributed by atoms with E-state index < -0.39 is 0 Å². The van der Waals surface area contributed by atoms with Crippen molar-refractivity contribution >= 4 is 23.1 Å². The molecule has 0 fully saturated rings. The number of aromatic hydroxyl groups is 4. The van der Waals surface area contributed by atoms with Gasteiger partial charge in [0, 0.05) is 73.6 Å². The molecule has 5 rings (SSSR count). The zero-order valence-electron chi connectivity index (χ0n) is 30.5. The molecule has 0 radical (unpaired) electrons. The molecule has 8 heteroatoms. The predicted octanol–water partition coefficient (Wildman–Crippen LogP) is 9.12. The molecule has 52 heavy (non-hydrogen) atoms. The molecule has 0 aliphatic heterocycles. The van der Waals surface area contributed by atoms with Gasteiger partial charge < -0.3 is 20.4 Å². The number of Topliss-reactive ketones (excluding diaryl/α,β-unsaturated/α-hetero) is 4. The second-order valence-corrected chi connectivity index (χ2v) is 14.0. The molecule has 4 aromatic carbocycles. The predicted molar refractivity (Wildman–Crippen MR) is 201 cm³/mol. The lowest BCUT2D eigenvalue weighted by Crippen LogP contribution is -2.08. The van der Waals surface area contributed by atoms with E-state index >= 15 is 0 Å². The van der Waals surface area contributed by atoms with Crippen LogP contribution in [0.1, 0.15) is 165 Å². The molecule has 0 saturated heterocycles. The Labute approximate surface area is 305 Å². The van der Waals surface area contributed by atoms with Crippen LogP contribution in [-0.4, -0.2) is 43.6 Å². The average molecular weight is 705 g/mol. The quantitative estimate of drug-likeness (QED) is 0.0940. The first kappa shape index (κ1) is 38.0. The summed E-state index contributed by atoms with van der Waals surface area (Å²) in [4.78, 5) is 53.2. The number of fused-ring (bicyclic) bond motifs is 8. The van der Waals surface area contributed by atoms with Crippen LogP contribution in [0.5, 0.6) is 23.0 Å². The molecular weight excluding hydrogens is 656 g/mol. The molecule has 0 atom stereocenters. The van der Waals surface area contributed by atoms with Gasteiger partial charge in [-0.2, -0.15) is 0 Å². The third kappa shape index (κ3) is 8.12. The van der Waals surface area contributed by atoms with Crippen LogP contribution in [0.3, 0.4) is 0 Å². The summed E-state index contributed by atoms with van der Waals surface area (Å²) in [5.74, 6) is -1.02. The third-order valence-corrected chi connectivity index (χ3v) is 9.79. The van der Waals surface area contributed by atoms with E-state index in [1.807, 2.05) is 27.7 Å². The molecule has 8 bridgehead atoms. The summed E-state index contributed by atoms with van der Waals surface area (Å²) in [6.07, 6.45) is 3.44. The minimum atomic E-state index is -0.129. The Kier molecular flexibility index (Phi) is 12.0. The molecule has 0 heterocycles. The van der Waals surface area contributed by atoms with E-state index in [1.165, 1.54) is 0 Å². The molecule has 8 nitrogen and oxygen atoms in total. The Morgan fingerprint density at radius 3 is 0.654 bits per heavy atom. The number of hydrogen-bond acceptors (Lipinski definition) is 8. The van der Waals surface area contributed by atoms with E-state index in [-0.39, 0.29) is 97.5 Å². The highest BCUT2D eigenvalue weighted by Gasteiger charge is 2.24. The summed E-state index contributed by atoms with van der Waals surface area (Å²) in [7, 11) is 0. The average Bonchev–Trinajstić information content (AvgIpc) is 3.11. The Morgan fingerprint density at radius 2 is 0.519 bits per heavy atom. The summed E-state index contributed by atoms with van der Waals surface area (Å²) < 4.78 is 0. The minimum absolute atomic E-state index is 0.0311. The Morgan fingerprint density at radius 1 is 0.365 bits per heavy atom. The van der Waals surface area contributed by atoms with Crippen molar-refractivity contribution in [1.29, 1.82) is 0 Å². The summed E-state index contributed by atoms with van der Waals surface area (Å²) >= 11 is 0. The minimum Gasteiger partial charge on any atom is -0.507 e. The standard InChI is InChI=1S/C44H48O8/c1-5-9-37(45)25-13-29-21-31-15-26(38(46)10-6-2)17-33(42(31)50)23-35-19-28(40(48)12-8-4)20-36(44(35)52)24-34-18-27(39(47)11-7-3)16-32(43(34)51)22-30(14-25)41(29)49/h13-20,49-52H,5-12,21-24H2,1-4H3. The van der Waals surface area contributed by atoms with Crippen LogP contribution >= 0.6 is 0 Å². The lowest BCUT2D eigenvalue weighted by molar-refractivity contribution is 0.0973. The highest BCUT2D eigenvalue weighted by molar-refractivity contribution is 5.99. The third-order valence-electron chi connectivity index (χ3n) is 9.79. The second kappa shape index (κ2) is 16.4. The maximum absolute atomic E-state index is 13.3. The molecule has 272 valence electrons. The number of rotatable bonds is 12. The molecule has 0 spiro atoms. The van der Waals surface area contributed by atoms with Gasteiger partial charge in [0.1, 0.15) is 23.0 Å². The van der Waals surface area contributed by atoms with Crippen LogP contribution in [0, 0.1) is 0 Å². The van der Waals surface area contributed by atoms with E-state index in [1.54, 1.807) is 48.5 Å². The molecule has 1 aliphatic carbocycles. The van der Waals surface area contributed by atoms with E-state index in [0.717, 1.165) is 0 Å². The maximum Gasteiger partial charge on any atom is 0.162 e. The van der Waals surface area contributed by atoms with Crippen molar-refractivity contribution < 1.29 is 39.6 Å². The number of carbonyl (C=O) groups excluding carboxylic acids is 4. The van der Waals surface area contributed by atoms with Crippen LogP contribution in [0.15, 0.2) is 48.5 Å². The van der Waals surface area contributed by atoms with Gasteiger partial charge in [0.25, 0.3) is 0 Å². The lowest BCUT2D eigenvalue weighted by atomic mass is 9.86. The first-order valence-corrected chi connectivity index (χ1v) is 18.4. The van der Waals surface area contributed by atoms with Gasteiger partial charge in [-0.15, -0.1) is 0 Å². The molecule has 0 amide bonds. The fourth-order valence-corrected chi connectivity index (χ4v) is 7.07. The molecular formula is C44H48O8. The van der Waals surface area contributed by atoms with E-state index in [0.29, 0.717) is 92.4 Å². The van der Waals surface area contributed by atoms with Gasteiger partial charge in [0.15, 0.2) is 23.1 Å². The summed E-state index contributed by atoms with van der Waals surface area (Å²) in [6.45, 7) is 7.60. The molecule has 4 N–H and O–H groups in total. The van der Waals surface area contributed by atoms with Crippen molar-refractivity contribution in [1.82, 2.24) is 0 Å². The van der Waals surface area contributed by atoms with E-state index in [2.05, 4.69) is 0 Å². The van der Waals surface area contributed by atoms with Gasteiger partial charge >= 0.3 is 0 Å². The van der Waals surface area contributed by atoms with Crippen molar-refractivity contribution in [3.05, 3.63) is 115 Å².